The van der Waals surface area contributed by atoms with Gasteiger partial charge in [-0.05, 0) is 50.1 Å². The van der Waals surface area contributed by atoms with E-state index in [1.165, 1.54) is 11.8 Å². The summed E-state index contributed by atoms with van der Waals surface area (Å²) in [6.07, 6.45) is -2.36. The van der Waals surface area contributed by atoms with Crippen molar-refractivity contribution >= 4 is 35.6 Å². The number of alkyl carbamates (subject to hydrolysis) is 1. The predicted molar refractivity (Wildman–Crippen MR) is 170 cm³/mol. The summed E-state index contributed by atoms with van der Waals surface area (Å²) in [6, 6.07) is 23.3. The number of nitrogens with two attached hydrogens (primary N) is 1. The minimum Gasteiger partial charge on any atom is -0.445 e. The van der Waals surface area contributed by atoms with Crippen molar-refractivity contribution in [2.24, 2.45) is 5.73 Å². The SMILES string of the molecule is CC(C)(C)NC(=O)c1ccccc1CC(O)C(CSc1ccccc1)NC(=O)CC(NC(=O)OCc1ccccc1)C(N)=O. The first-order valence-corrected chi connectivity index (χ1v) is 15.2. The number of amides is 4. The van der Waals surface area contributed by atoms with Crippen LogP contribution in [0.3, 0.4) is 0 Å². The largest absolute Gasteiger partial charge is 0.445 e. The van der Waals surface area contributed by atoms with Gasteiger partial charge in [-0.2, -0.15) is 0 Å². The lowest BCUT2D eigenvalue weighted by molar-refractivity contribution is -0.127. The molecule has 0 aliphatic carbocycles. The van der Waals surface area contributed by atoms with Crippen LogP contribution in [-0.2, 0) is 27.4 Å². The Hall–Kier alpha value is -4.35. The van der Waals surface area contributed by atoms with Crippen molar-refractivity contribution in [2.75, 3.05) is 5.75 Å². The summed E-state index contributed by atoms with van der Waals surface area (Å²) in [4.78, 5) is 51.5. The van der Waals surface area contributed by atoms with Gasteiger partial charge in [0, 0.05) is 28.2 Å². The number of carbonyl (C=O) groups is 4. The molecule has 0 saturated carbocycles. The quantitative estimate of drug-likeness (QED) is 0.172. The third-order valence-corrected chi connectivity index (χ3v) is 7.53. The van der Waals surface area contributed by atoms with Crippen LogP contribution < -0.4 is 21.7 Å². The molecule has 0 saturated heterocycles. The number of benzene rings is 3. The molecule has 0 aliphatic heterocycles. The summed E-state index contributed by atoms with van der Waals surface area (Å²) in [5, 5.41) is 19.4. The first-order chi connectivity index (χ1) is 20.9. The van der Waals surface area contributed by atoms with Crippen molar-refractivity contribution in [3.63, 3.8) is 0 Å². The van der Waals surface area contributed by atoms with Crippen LogP contribution in [0.5, 0.6) is 0 Å². The van der Waals surface area contributed by atoms with Crippen LogP contribution in [-0.4, -0.2) is 58.4 Å². The zero-order valence-electron chi connectivity index (χ0n) is 25.1. The third-order valence-electron chi connectivity index (χ3n) is 6.40. The van der Waals surface area contributed by atoms with Gasteiger partial charge >= 0.3 is 6.09 Å². The van der Waals surface area contributed by atoms with E-state index in [2.05, 4.69) is 16.0 Å². The Kier molecular flexibility index (Phi) is 12.8. The van der Waals surface area contributed by atoms with E-state index in [1.807, 2.05) is 57.2 Å². The maximum absolute atomic E-state index is 13.1. The third kappa shape index (κ3) is 11.7. The Morgan fingerprint density at radius 3 is 2.14 bits per heavy atom. The molecule has 234 valence electrons. The highest BCUT2D eigenvalue weighted by molar-refractivity contribution is 7.99. The molecular weight excluding hydrogens is 580 g/mol. The molecule has 3 rings (SSSR count). The lowest BCUT2D eigenvalue weighted by atomic mass is 9.97. The fourth-order valence-electron chi connectivity index (χ4n) is 4.23. The number of primary amides is 1. The van der Waals surface area contributed by atoms with E-state index >= 15 is 0 Å². The monoisotopic (exact) mass is 620 g/mol. The Bertz CT molecular complexity index is 1400. The molecule has 6 N–H and O–H groups in total. The highest BCUT2D eigenvalue weighted by atomic mass is 32.2. The van der Waals surface area contributed by atoms with Crippen LogP contribution in [0.15, 0.2) is 89.8 Å². The lowest BCUT2D eigenvalue weighted by Crippen LogP contribution is -2.51. The van der Waals surface area contributed by atoms with Crippen LogP contribution in [0, 0.1) is 0 Å². The van der Waals surface area contributed by atoms with Crippen LogP contribution in [0.25, 0.3) is 0 Å². The fourth-order valence-corrected chi connectivity index (χ4v) is 5.25. The summed E-state index contributed by atoms with van der Waals surface area (Å²) in [5.74, 6) is -1.49. The van der Waals surface area contributed by atoms with Crippen molar-refractivity contribution in [3.8, 4) is 0 Å². The zero-order chi connectivity index (χ0) is 32.1. The first kappa shape index (κ1) is 34.1. The minimum absolute atomic E-state index is 0.0232. The summed E-state index contributed by atoms with van der Waals surface area (Å²) in [7, 11) is 0. The maximum atomic E-state index is 13.1. The minimum atomic E-state index is -1.33. The molecule has 0 bridgehead atoms. The maximum Gasteiger partial charge on any atom is 0.408 e. The second-order valence-electron chi connectivity index (χ2n) is 11.3. The number of thioether (sulfide) groups is 1. The van der Waals surface area contributed by atoms with Gasteiger partial charge in [-0.25, -0.2) is 4.79 Å². The molecule has 0 radical (unpaired) electrons. The average molecular weight is 621 g/mol. The average Bonchev–Trinajstić information content (AvgIpc) is 2.98. The standard InChI is InChI=1S/C33H40N4O6S/c1-33(2,3)37-31(41)25-17-11-10-14-23(25)18-28(38)27(21-44-24-15-8-5-9-16-24)35-29(39)19-26(30(34)40)36-32(42)43-20-22-12-6-4-7-13-22/h4-17,26-28,38H,18-21H2,1-3H3,(H2,34,40)(H,35,39)(H,36,42)(H,37,41). The smallest absolute Gasteiger partial charge is 0.408 e. The van der Waals surface area contributed by atoms with Crippen molar-refractivity contribution in [1.29, 1.82) is 0 Å². The number of rotatable bonds is 14. The second-order valence-corrected chi connectivity index (χ2v) is 12.4. The van der Waals surface area contributed by atoms with E-state index in [4.69, 9.17) is 10.5 Å². The molecule has 0 spiro atoms. The molecule has 3 unspecified atom stereocenters. The summed E-state index contributed by atoms with van der Waals surface area (Å²) in [6.45, 7) is 5.62. The summed E-state index contributed by atoms with van der Waals surface area (Å²) < 4.78 is 5.16. The Morgan fingerprint density at radius 1 is 0.886 bits per heavy atom. The number of hydrogen-bond acceptors (Lipinski definition) is 7. The molecule has 0 aromatic heterocycles. The van der Waals surface area contributed by atoms with Crippen LogP contribution in [0.2, 0.25) is 0 Å². The van der Waals surface area contributed by atoms with Gasteiger partial charge in [0.15, 0.2) is 0 Å². The van der Waals surface area contributed by atoms with Crippen molar-refractivity contribution in [2.45, 2.75) is 68.8 Å². The number of carbonyl (C=O) groups excluding carboxylic acids is 4. The molecule has 0 heterocycles. The van der Waals surface area contributed by atoms with Gasteiger partial charge in [-0.15, -0.1) is 11.8 Å². The molecule has 3 aromatic carbocycles. The van der Waals surface area contributed by atoms with Crippen LogP contribution in [0.1, 0.15) is 48.7 Å². The van der Waals surface area contributed by atoms with Crippen LogP contribution >= 0.6 is 11.8 Å². The second kappa shape index (κ2) is 16.5. The van der Waals surface area contributed by atoms with Crippen LogP contribution in [0.4, 0.5) is 4.79 Å². The summed E-state index contributed by atoms with van der Waals surface area (Å²) in [5.41, 5.74) is 6.81. The number of hydrogen-bond donors (Lipinski definition) is 5. The molecule has 44 heavy (non-hydrogen) atoms. The van der Waals surface area contributed by atoms with Gasteiger partial charge < -0.3 is 31.5 Å². The van der Waals surface area contributed by atoms with E-state index in [1.54, 1.807) is 48.5 Å². The van der Waals surface area contributed by atoms with Crippen molar-refractivity contribution in [1.82, 2.24) is 16.0 Å². The number of ether oxygens (including phenoxy) is 1. The predicted octanol–water partition coefficient (Wildman–Crippen LogP) is 3.57. The van der Waals surface area contributed by atoms with E-state index in [-0.39, 0.29) is 18.9 Å². The number of aliphatic hydroxyl groups is 1. The van der Waals surface area contributed by atoms with Crippen molar-refractivity contribution in [3.05, 3.63) is 102 Å². The first-order valence-electron chi connectivity index (χ1n) is 14.2. The van der Waals surface area contributed by atoms with E-state index in [0.717, 1.165) is 10.5 Å². The molecule has 11 heteroatoms. The van der Waals surface area contributed by atoms with Gasteiger partial charge in [0.2, 0.25) is 11.8 Å². The normalized spacial score (nSPS) is 13.2. The topological polar surface area (TPSA) is 160 Å². The number of nitrogens with one attached hydrogen (secondary N) is 3. The summed E-state index contributed by atoms with van der Waals surface area (Å²) >= 11 is 1.43. The molecule has 10 nitrogen and oxygen atoms in total. The van der Waals surface area contributed by atoms with Gasteiger partial charge in [-0.1, -0.05) is 66.7 Å². The molecule has 0 aliphatic rings. The lowest BCUT2D eigenvalue weighted by Gasteiger charge is -2.26. The fraction of sp³-hybridized carbons (Fsp3) is 0.333. The Morgan fingerprint density at radius 2 is 1.50 bits per heavy atom. The highest BCUT2D eigenvalue weighted by Gasteiger charge is 2.28. The van der Waals surface area contributed by atoms with E-state index < -0.39 is 48.1 Å². The Labute approximate surface area is 262 Å². The highest BCUT2D eigenvalue weighted by Crippen LogP contribution is 2.21. The van der Waals surface area contributed by atoms with Gasteiger partial charge in [0.1, 0.15) is 12.6 Å². The Balaban J connectivity index is 1.70. The zero-order valence-corrected chi connectivity index (χ0v) is 25.9. The molecule has 3 atom stereocenters. The van der Waals surface area contributed by atoms with Crippen molar-refractivity contribution < 1.29 is 29.0 Å². The molecule has 3 aromatic rings. The molecule has 0 fully saturated rings. The number of aliphatic hydroxyl groups excluding tert-OH is 1. The van der Waals surface area contributed by atoms with E-state index in [9.17, 15) is 24.3 Å². The molecular formula is C33H40N4O6S. The van der Waals surface area contributed by atoms with Gasteiger partial charge in [0.25, 0.3) is 5.91 Å². The van der Waals surface area contributed by atoms with Gasteiger partial charge in [0.05, 0.1) is 18.6 Å². The van der Waals surface area contributed by atoms with Gasteiger partial charge in [-0.3, -0.25) is 14.4 Å². The molecule has 4 amide bonds. The van der Waals surface area contributed by atoms with E-state index in [0.29, 0.717) is 16.9 Å².